The molecule has 9 heteroatoms. The van der Waals surface area contributed by atoms with Crippen LogP contribution < -0.4 is 19.6 Å². The van der Waals surface area contributed by atoms with E-state index in [1.807, 2.05) is 79.7 Å². The quantitative estimate of drug-likeness (QED) is 0.172. The first-order chi connectivity index (χ1) is 19.2. The Morgan fingerprint density at radius 2 is 1.82 bits per heavy atom. The predicted molar refractivity (Wildman–Crippen MR) is 169 cm³/mol. The van der Waals surface area contributed by atoms with E-state index in [0.29, 0.717) is 33.0 Å². The van der Waals surface area contributed by atoms with E-state index in [4.69, 9.17) is 9.47 Å². The molecule has 0 unspecified atom stereocenters. The third-order valence-corrected chi connectivity index (χ3v) is 8.79. The van der Waals surface area contributed by atoms with Crippen LogP contribution in [0.1, 0.15) is 42.1 Å². The van der Waals surface area contributed by atoms with Crippen LogP contribution in [0.15, 0.2) is 92.3 Å². The molecule has 0 saturated heterocycles. The molecule has 5 rings (SSSR count). The van der Waals surface area contributed by atoms with Crippen molar-refractivity contribution >= 4 is 61.9 Å². The summed E-state index contributed by atoms with van der Waals surface area (Å²) < 4.78 is 15.5. The molecule has 1 atom stereocenters. The van der Waals surface area contributed by atoms with Crippen LogP contribution in [-0.4, -0.2) is 17.1 Å². The van der Waals surface area contributed by atoms with Crippen molar-refractivity contribution in [1.82, 2.24) is 4.57 Å². The van der Waals surface area contributed by atoms with Gasteiger partial charge in [0.15, 0.2) is 4.80 Å². The molecule has 0 spiro atoms. The normalized spacial score (nSPS) is 15.0. The Morgan fingerprint density at radius 1 is 1.10 bits per heavy atom. The summed E-state index contributed by atoms with van der Waals surface area (Å²) in [5.41, 5.74) is 4.55. The van der Waals surface area contributed by atoms with Crippen molar-refractivity contribution in [3.05, 3.63) is 128 Å². The van der Waals surface area contributed by atoms with Crippen LogP contribution in [-0.2, 0) is 16.1 Å². The smallest absolute Gasteiger partial charge is 0.338 e. The maximum Gasteiger partial charge on any atom is 0.338 e. The van der Waals surface area contributed by atoms with Gasteiger partial charge in [-0.1, -0.05) is 59.4 Å². The molecule has 40 heavy (non-hydrogen) atoms. The number of aromatic nitrogens is 1. The van der Waals surface area contributed by atoms with Gasteiger partial charge in [-0.05, 0) is 106 Å². The lowest BCUT2D eigenvalue weighted by Crippen LogP contribution is -2.39. The topological polar surface area (TPSA) is 69.9 Å². The van der Waals surface area contributed by atoms with Gasteiger partial charge in [-0.2, -0.15) is 0 Å². The molecular formula is C31H26BrIN2O4S. The maximum atomic E-state index is 13.8. The van der Waals surface area contributed by atoms with Crippen molar-refractivity contribution in [1.29, 1.82) is 0 Å². The summed E-state index contributed by atoms with van der Waals surface area (Å²) in [4.78, 5) is 32.0. The number of aryl methyl sites for hydroxylation is 1. The van der Waals surface area contributed by atoms with E-state index in [2.05, 4.69) is 43.5 Å². The minimum atomic E-state index is -0.623. The van der Waals surface area contributed by atoms with Crippen LogP contribution in [0.3, 0.4) is 0 Å². The Kier molecular flexibility index (Phi) is 8.72. The largest absolute Gasteiger partial charge is 0.488 e. The summed E-state index contributed by atoms with van der Waals surface area (Å²) in [6.45, 7) is 6.24. The first kappa shape index (κ1) is 28.5. The zero-order valence-electron chi connectivity index (χ0n) is 22.1. The number of allylic oxidation sites excluding steroid dienone is 1. The predicted octanol–water partition coefficient (Wildman–Crippen LogP) is 6.05. The van der Waals surface area contributed by atoms with Gasteiger partial charge < -0.3 is 9.47 Å². The number of thiazole rings is 1. The van der Waals surface area contributed by atoms with Gasteiger partial charge >= 0.3 is 5.97 Å². The zero-order chi connectivity index (χ0) is 28.4. The Morgan fingerprint density at radius 3 is 2.50 bits per heavy atom. The van der Waals surface area contributed by atoms with Crippen molar-refractivity contribution in [2.45, 2.75) is 33.4 Å². The molecule has 0 saturated carbocycles. The lowest BCUT2D eigenvalue weighted by atomic mass is 9.95. The molecule has 3 aromatic carbocycles. The Hall–Kier alpha value is -3.02. The molecule has 2 heterocycles. The van der Waals surface area contributed by atoms with E-state index in [9.17, 15) is 9.59 Å². The second-order valence-corrected chi connectivity index (χ2v) is 12.4. The van der Waals surface area contributed by atoms with Gasteiger partial charge in [0, 0.05) is 3.57 Å². The molecule has 204 valence electrons. The van der Waals surface area contributed by atoms with Gasteiger partial charge in [0.25, 0.3) is 5.56 Å². The second kappa shape index (κ2) is 12.2. The Balaban J connectivity index is 1.51. The molecule has 0 aliphatic carbocycles. The fourth-order valence-corrected chi connectivity index (χ4v) is 6.39. The molecule has 0 amide bonds. The van der Waals surface area contributed by atoms with Crippen molar-refractivity contribution < 1.29 is 14.3 Å². The van der Waals surface area contributed by atoms with Crippen molar-refractivity contribution in [3.63, 3.8) is 0 Å². The van der Waals surface area contributed by atoms with Gasteiger partial charge in [0.2, 0.25) is 0 Å². The average molecular weight is 729 g/mol. The summed E-state index contributed by atoms with van der Waals surface area (Å²) >= 11 is 7.19. The molecule has 6 nitrogen and oxygen atoms in total. The number of ether oxygens (including phenoxy) is 2. The third kappa shape index (κ3) is 6.01. The lowest BCUT2D eigenvalue weighted by Gasteiger charge is -2.24. The summed E-state index contributed by atoms with van der Waals surface area (Å²) in [5.74, 6) is 0.250. The van der Waals surface area contributed by atoms with Gasteiger partial charge in [-0.15, -0.1) is 0 Å². The number of hydrogen-bond donors (Lipinski definition) is 0. The van der Waals surface area contributed by atoms with E-state index in [1.54, 1.807) is 18.4 Å². The van der Waals surface area contributed by atoms with Crippen LogP contribution in [0.2, 0.25) is 0 Å². The number of rotatable bonds is 7. The highest BCUT2D eigenvalue weighted by Gasteiger charge is 2.33. The molecule has 1 aliphatic rings. The summed E-state index contributed by atoms with van der Waals surface area (Å²) in [6, 6.07) is 21.1. The van der Waals surface area contributed by atoms with E-state index in [-0.39, 0.29) is 12.2 Å². The highest BCUT2D eigenvalue weighted by atomic mass is 127. The summed E-state index contributed by atoms with van der Waals surface area (Å²) in [6.07, 6.45) is 1.84. The van der Waals surface area contributed by atoms with Crippen LogP contribution >= 0.6 is 49.9 Å². The first-order valence-corrected chi connectivity index (χ1v) is 15.4. The van der Waals surface area contributed by atoms with Crippen LogP contribution in [0.25, 0.3) is 6.08 Å². The van der Waals surface area contributed by atoms with Crippen LogP contribution in [0.4, 0.5) is 0 Å². The van der Waals surface area contributed by atoms with Gasteiger partial charge in [0.05, 0.1) is 32.9 Å². The third-order valence-electron chi connectivity index (χ3n) is 6.47. The molecule has 0 fully saturated rings. The zero-order valence-corrected chi connectivity index (χ0v) is 26.7. The van der Waals surface area contributed by atoms with E-state index in [0.717, 1.165) is 26.7 Å². The minimum absolute atomic E-state index is 0.209. The Bertz CT molecular complexity index is 1790. The van der Waals surface area contributed by atoms with Crippen molar-refractivity contribution in [3.8, 4) is 5.75 Å². The number of hydrogen-bond acceptors (Lipinski definition) is 6. The standard InChI is InChI=1S/C31H26BrIN2O4S/c1-4-38-30(37)27-19(3)34-31-35(28(27)22-10-5-18(2)6-11-22)29(36)26(40-31)16-21-9-14-25(24(32)15-21)39-17-20-7-12-23(33)13-8-20/h5-16,28H,4,17H2,1-3H3/b26-16+/t28-/m0/s1. The lowest BCUT2D eigenvalue weighted by molar-refractivity contribution is -0.139. The molecule has 4 aromatic rings. The average Bonchev–Trinajstić information content (AvgIpc) is 3.23. The monoisotopic (exact) mass is 728 g/mol. The van der Waals surface area contributed by atoms with Crippen LogP contribution in [0, 0.1) is 10.5 Å². The number of benzene rings is 3. The van der Waals surface area contributed by atoms with E-state index in [1.165, 1.54) is 14.9 Å². The highest BCUT2D eigenvalue weighted by Crippen LogP contribution is 2.31. The van der Waals surface area contributed by atoms with E-state index >= 15 is 0 Å². The van der Waals surface area contributed by atoms with Crippen molar-refractivity contribution in [2.24, 2.45) is 4.99 Å². The fraction of sp³-hybridized carbons (Fsp3) is 0.194. The number of esters is 1. The molecular weight excluding hydrogens is 703 g/mol. The van der Waals surface area contributed by atoms with E-state index < -0.39 is 12.0 Å². The SMILES string of the molecule is CCOC(=O)C1=C(C)N=c2s/c(=C/c3ccc(OCc4ccc(I)cc4)c(Br)c3)c(=O)n2[C@H]1c1ccc(C)cc1. The number of carbonyl (C=O) groups is 1. The van der Waals surface area contributed by atoms with Gasteiger partial charge in [-0.25, -0.2) is 9.79 Å². The molecule has 1 aromatic heterocycles. The van der Waals surface area contributed by atoms with Crippen LogP contribution in [0.5, 0.6) is 5.75 Å². The first-order valence-electron chi connectivity index (χ1n) is 12.7. The number of nitrogens with zero attached hydrogens (tertiary/aromatic N) is 2. The van der Waals surface area contributed by atoms with Gasteiger partial charge in [0.1, 0.15) is 12.4 Å². The fourth-order valence-electron chi connectivity index (χ4n) is 4.47. The van der Waals surface area contributed by atoms with Gasteiger partial charge in [-0.3, -0.25) is 9.36 Å². The number of carbonyl (C=O) groups excluding carboxylic acids is 1. The number of halogens is 2. The minimum Gasteiger partial charge on any atom is -0.488 e. The maximum absolute atomic E-state index is 13.8. The molecule has 0 radical (unpaired) electrons. The second-order valence-electron chi connectivity index (χ2n) is 9.32. The Labute approximate surface area is 258 Å². The molecule has 1 aliphatic heterocycles. The molecule has 0 bridgehead atoms. The summed E-state index contributed by atoms with van der Waals surface area (Å²) in [7, 11) is 0. The number of fused-ring (bicyclic) bond motifs is 1. The summed E-state index contributed by atoms with van der Waals surface area (Å²) in [5, 5.41) is 0. The molecule has 0 N–H and O–H groups in total. The highest BCUT2D eigenvalue weighted by molar-refractivity contribution is 14.1. The van der Waals surface area contributed by atoms with Crippen molar-refractivity contribution in [2.75, 3.05) is 6.61 Å².